The Labute approximate surface area is 83.4 Å². The van der Waals surface area contributed by atoms with E-state index in [1.165, 1.54) is 4.57 Å². The van der Waals surface area contributed by atoms with Crippen LogP contribution in [-0.2, 0) is 0 Å². The summed E-state index contributed by atoms with van der Waals surface area (Å²) in [7, 11) is 0. The minimum atomic E-state index is -1.20. The van der Waals surface area contributed by atoms with Crippen LogP contribution in [0.5, 0.6) is 0 Å². The summed E-state index contributed by atoms with van der Waals surface area (Å²) in [6.07, 6.45) is 2.20. The molecule has 0 saturated carbocycles. The third kappa shape index (κ3) is 1.50. The first-order chi connectivity index (χ1) is 7.22. The van der Waals surface area contributed by atoms with Crippen LogP contribution < -0.4 is 0 Å². The Bertz CT molecular complexity index is 513. The van der Waals surface area contributed by atoms with Crippen molar-refractivity contribution in [2.24, 2.45) is 0 Å². The third-order valence-electron chi connectivity index (χ3n) is 1.79. The molecule has 7 heteroatoms. The highest BCUT2D eigenvalue weighted by atomic mass is 16.4. The van der Waals surface area contributed by atoms with Crippen LogP contribution in [0.4, 0.5) is 0 Å². The summed E-state index contributed by atoms with van der Waals surface area (Å²) < 4.78 is 1.38. The molecule has 2 aromatic heterocycles. The second kappa shape index (κ2) is 3.37. The van der Waals surface area contributed by atoms with Crippen LogP contribution in [0, 0.1) is 0 Å². The normalized spacial score (nSPS) is 10.1. The number of carbonyl (C=O) groups is 2. The van der Waals surface area contributed by atoms with Gasteiger partial charge < -0.3 is 5.11 Å². The fourth-order valence-electron chi connectivity index (χ4n) is 1.13. The monoisotopic (exact) mass is 206 g/mol. The number of aromatic nitrogens is 4. The van der Waals surface area contributed by atoms with Crippen LogP contribution in [0.3, 0.4) is 0 Å². The summed E-state index contributed by atoms with van der Waals surface area (Å²) in [6, 6.07) is 3.21. The van der Waals surface area contributed by atoms with E-state index in [-0.39, 0.29) is 11.8 Å². The molecule has 0 aromatic carbocycles. The Hall–Kier alpha value is -2.44. The van der Waals surface area contributed by atoms with Gasteiger partial charge in [-0.2, -0.15) is 4.98 Å². The van der Waals surface area contributed by atoms with Gasteiger partial charge in [-0.1, -0.05) is 0 Å². The summed E-state index contributed by atoms with van der Waals surface area (Å²) >= 11 is 0. The molecule has 15 heavy (non-hydrogen) atoms. The molecule has 0 aliphatic rings. The van der Waals surface area contributed by atoms with Crippen molar-refractivity contribution in [2.75, 3.05) is 0 Å². The number of nitrogens with one attached hydrogen (secondary N) is 1. The van der Waals surface area contributed by atoms with Crippen molar-refractivity contribution in [3.63, 3.8) is 0 Å². The molecule has 0 atom stereocenters. The van der Waals surface area contributed by atoms with Crippen LogP contribution in [0.2, 0.25) is 0 Å². The molecular formula is C8H6N4O3. The maximum atomic E-state index is 10.6. The van der Waals surface area contributed by atoms with E-state index in [1.54, 1.807) is 18.3 Å². The highest BCUT2D eigenvalue weighted by molar-refractivity contribution is 5.83. The second-order valence-electron chi connectivity index (χ2n) is 2.71. The highest BCUT2D eigenvalue weighted by Gasteiger charge is 2.12. The number of carboxylic acids is 1. The van der Waals surface area contributed by atoms with Crippen molar-refractivity contribution in [2.45, 2.75) is 0 Å². The molecule has 2 heterocycles. The molecule has 0 aliphatic heterocycles. The molecule has 0 saturated heterocycles. The average molecular weight is 206 g/mol. The topological polar surface area (TPSA) is 101 Å². The van der Waals surface area contributed by atoms with E-state index in [4.69, 9.17) is 5.11 Å². The van der Waals surface area contributed by atoms with Gasteiger partial charge in [0.15, 0.2) is 6.29 Å². The van der Waals surface area contributed by atoms with E-state index in [9.17, 15) is 9.59 Å². The second-order valence-corrected chi connectivity index (χ2v) is 2.71. The molecule has 0 fully saturated rings. The van der Waals surface area contributed by atoms with E-state index in [1.807, 2.05) is 0 Å². The molecule has 0 unspecified atom stereocenters. The number of hydrogen-bond donors (Lipinski definition) is 2. The predicted molar refractivity (Wildman–Crippen MR) is 48.1 cm³/mol. The van der Waals surface area contributed by atoms with Gasteiger partial charge in [0, 0.05) is 6.20 Å². The fourth-order valence-corrected chi connectivity index (χ4v) is 1.13. The van der Waals surface area contributed by atoms with Gasteiger partial charge in [-0.15, -0.1) is 5.10 Å². The largest absolute Gasteiger partial charge is 0.475 e. The number of carboxylic acid groups (broad SMARTS) is 1. The van der Waals surface area contributed by atoms with Crippen LogP contribution in [0.15, 0.2) is 18.3 Å². The zero-order chi connectivity index (χ0) is 10.8. The number of hydrogen-bond acceptors (Lipinski definition) is 4. The minimum absolute atomic E-state index is 0.125. The van der Waals surface area contributed by atoms with Crippen LogP contribution in [0.25, 0.3) is 5.95 Å². The van der Waals surface area contributed by atoms with Crippen molar-refractivity contribution in [3.05, 3.63) is 29.8 Å². The van der Waals surface area contributed by atoms with Gasteiger partial charge in [-0.05, 0) is 12.1 Å². The lowest BCUT2D eigenvalue weighted by molar-refractivity contribution is 0.0684. The van der Waals surface area contributed by atoms with E-state index < -0.39 is 5.97 Å². The highest BCUT2D eigenvalue weighted by Crippen LogP contribution is 2.06. The third-order valence-corrected chi connectivity index (χ3v) is 1.79. The average Bonchev–Trinajstić information content (AvgIpc) is 2.85. The van der Waals surface area contributed by atoms with Crippen molar-refractivity contribution < 1.29 is 14.7 Å². The van der Waals surface area contributed by atoms with Gasteiger partial charge in [0.1, 0.15) is 0 Å². The molecule has 0 amide bonds. The molecule has 76 valence electrons. The Morgan fingerprint density at radius 3 is 3.00 bits per heavy atom. The smallest absolute Gasteiger partial charge is 0.373 e. The number of H-pyrrole nitrogens is 1. The number of nitrogens with zero attached hydrogens (tertiary/aromatic N) is 3. The van der Waals surface area contributed by atoms with Gasteiger partial charge in [0.2, 0.25) is 5.82 Å². The lowest BCUT2D eigenvalue weighted by Gasteiger charge is -1.96. The summed E-state index contributed by atoms with van der Waals surface area (Å²) in [5, 5.41) is 14.5. The Morgan fingerprint density at radius 2 is 2.40 bits per heavy atom. The van der Waals surface area contributed by atoms with Crippen molar-refractivity contribution in [3.8, 4) is 5.95 Å². The first-order valence-electron chi connectivity index (χ1n) is 4.01. The number of aldehydes is 1. The minimum Gasteiger partial charge on any atom is -0.475 e. The van der Waals surface area contributed by atoms with E-state index >= 15 is 0 Å². The zero-order valence-electron chi connectivity index (χ0n) is 7.41. The van der Waals surface area contributed by atoms with E-state index in [2.05, 4.69) is 15.2 Å². The maximum Gasteiger partial charge on any atom is 0.373 e. The lowest BCUT2D eigenvalue weighted by atomic mass is 10.5. The summed E-state index contributed by atoms with van der Waals surface area (Å²) in [5.41, 5.74) is 0.353. The van der Waals surface area contributed by atoms with E-state index in [0.717, 1.165) is 0 Å². The van der Waals surface area contributed by atoms with Crippen molar-refractivity contribution >= 4 is 12.3 Å². The number of aromatic amines is 1. The quantitative estimate of drug-likeness (QED) is 0.694. The van der Waals surface area contributed by atoms with Crippen LogP contribution in [0.1, 0.15) is 21.1 Å². The number of rotatable bonds is 3. The predicted octanol–water partition coefficient (Wildman–Crippen LogP) is 0.106. The fraction of sp³-hybridized carbons (Fsp3) is 0. The lowest BCUT2D eigenvalue weighted by Crippen LogP contribution is -2.01. The Balaban J connectivity index is 2.45. The standard InChI is InChI=1S/C8H6N4O3/c13-4-5-2-1-3-12(5)8-9-6(7(14)15)10-11-8/h1-4H,(H,14,15)(H,9,10,11). The molecule has 0 spiro atoms. The van der Waals surface area contributed by atoms with Gasteiger partial charge in [0.25, 0.3) is 5.95 Å². The summed E-state index contributed by atoms with van der Waals surface area (Å²) in [6.45, 7) is 0. The number of aromatic carboxylic acids is 1. The molecule has 0 radical (unpaired) electrons. The summed E-state index contributed by atoms with van der Waals surface area (Å²) in [5.74, 6) is -1.34. The Kier molecular flexibility index (Phi) is 2.05. The summed E-state index contributed by atoms with van der Waals surface area (Å²) in [4.78, 5) is 24.8. The zero-order valence-corrected chi connectivity index (χ0v) is 7.41. The SMILES string of the molecule is O=Cc1cccn1-c1n[nH]c(C(=O)O)n1. The molecule has 2 N–H and O–H groups in total. The first kappa shape index (κ1) is 9.13. The van der Waals surface area contributed by atoms with Gasteiger partial charge >= 0.3 is 5.97 Å². The van der Waals surface area contributed by atoms with E-state index in [0.29, 0.717) is 12.0 Å². The molecule has 2 rings (SSSR count). The number of carbonyl (C=O) groups excluding carboxylic acids is 1. The molecular weight excluding hydrogens is 200 g/mol. The molecule has 0 aliphatic carbocycles. The van der Waals surface area contributed by atoms with Crippen LogP contribution >= 0.6 is 0 Å². The van der Waals surface area contributed by atoms with Crippen molar-refractivity contribution in [1.82, 2.24) is 19.7 Å². The van der Waals surface area contributed by atoms with Crippen LogP contribution in [-0.4, -0.2) is 37.1 Å². The molecule has 0 bridgehead atoms. The van der Waals surface area contributed by atoms with Gasteiger partial charge in [0.05, 0.1) is 5.69 Å². The van der Waals surface area contributed by atoms with Crippen molar-refractivity contribution in [1.29, 1.82) is 0 Å². The van der Waals surface area contributed by atoms with Gasteiger partial charge in [-0.3, -0.25) is 14.5 Å². The Morgan fingerprint density at radius 1 is 1.60 bits per heavy atom. The molecule has 2 aromatic rings. The maximum absolute atomic E-state index is 10.6. The van der Waals surface area contributed by atoms with Gasteiger partial charge in [-0.25, -0.2) is 4.79 Å². The molecule has 7 nitrogen and oxygen atoms in total. The first-order valence-corrected chi connectivity index (χ1v) is 4.01.